The monoisotopic (exact) mass is 230 g/mol. The summed E-state index contributed by atoms with van der Waals surface area (Å²) in [5.41, 5.74) is 1.26. The highest BCUT2D eigenvalue weighted by Crippen LogP contribution is 2.29. The molecule has 0 aliphatic heterocycles. The first kappa shape index (κ1) is 11.9. The number of hydrogen-bond acceptors (Lipinski definition) is 0. The third-order valence-electron chi connectivity index (χ3n) is 2.89. The van der Waals surface area contributed by atoms with Gasteiger partial charge in [-0.1, -0.05) is 37.6 Å². The zero-order chi connectivity index (χ0) is 10.7. The summed E-state index contributed by atoms with van der Waals surface area (Å²) >= 11 is 12.0. The van der Waals surface area contributed by atoms with Gasteiger partial charge >= 0.3 is 0 Å². The average molecular weight is 231 g/mol. The van der Waals surface area contributed by atoms with Crippen molar-refractivity contribution in [2.75, 3.05) is 0 Å². The van der Waals surface area contributed by atoms with Crippen LogP contribution in [0.15, 0.2) is 24.3 Å². The van der Waals surface area contributed by atoms with Gasteiger partial charge in [-0.05, 0) is 36.5 Å². The predicted molar refractivity (Wildman–Crippen MR) is 64.3 cm³/mol. The van der Waals surface area contributed by atoms with Crippen molar-refractivity contribution >= 4 is 23.2 Å². The Kier molecular flexibility index (Phi) is 4.28. The summed E-state index contributed by atoms with van der Waals surface area (Å²) in [4.78, 5) is 0. The van der Waals surface area contributed by atoms with Crippen LogP contribution < -0.4 is 0 Å². The molecular formula is C12H16Cl2. The van der Waals surface area contributed by atoms with Crippen molar-refractivity contribution in [1.82, 2.24) is 0 Å². The molecule has 0 aliphatic carbocycles. The molecule has 0 aromatic heterocycles. The minimum absolute atomic E-state index is 0.184. The van der Waals surface area contributed by atoms with E-state index in [2.05, 4.69) is 19.9 Å². The van der Waals surface area contributed by atoms with E-state index in [1.807, 2.05) is 25.1 Å². The Morgan fingerprint density at radius 2 is 1.79 bits per heavy atom. The normalized spacial score (nSPS) is 17.5. The van der Waals surface area contributed by atoms with Crippen LogP contribution in [0.3, 0.4) is 0 Å². The molecule has 3 unspecified atom stereocenters. The highest BCUT2D eigenvalue weighted by Gasteiger charge is 2.18. The lowest BCUT2D eigenvalue weighted by Crippen LogP contribution is -2.14. The van der Waals surface area contributed by atoms with Crippen LogP contribution in [0.2, 0.25) is 5.02 Å². The van der Waals surface area contributed by atoms with Crippen molar-refractivity contribution in [1.29, 1.82) is 0 Å². The van der Waals surface area contributed by atoms with Gasteiger partial charge in [0.15, 0.2) is 0 Å². The van der Waals surface area contributed by atoms with Crippen LogP contribution in [0.4, 0.5) is 0 Å². The van der Waals surface area contributed by atoms with Crippen molar-refractivity contribution in [2.45, 2.75) is 32.1 Å². The second-order valence-corrected chi connectivity index (χ2v) is 5.01. The molecule has 0 spiro atoms. The quantitative estimate of drug-likeness (QED) is 0.661. The van der Waals surface area contributed by atoms with Gasteiger partial charge in [-0.2, -0.15) is 0 Å². The van der Waals surface area contributed by atoms with Crippen LogP contribution in [0.25, 0.3) is 0 Å². The van der Waals surface area contributed by atoms with Gasteiger partial charge in [0.05, 0.1) is 0 Å². The lowest BCUT2D eigenvalue weighted by Gasteiger charge is -2.22. The summed E-state index contributed by atoms with van der Waals surface area (Å²) < 4.78 is 0. The predicted octanol–water partition coefficient (Wildman–Crippen LogP) is 4.71. The Balaban J connectivity index is 2.83. The fourth-order valence-electron chi connectivity index (χ4n) is 1.49. The summed E-state index contributed by atoms with van der Waals surface area (Å²) in [7, 11) is 0. The van der Waals surface area contributed by atoms with E-state index in [1.54, 1.807) is 0 Å². The lowest BCUT2D eigenvalue weighted by molar-refractivity contribution is 0.480. The van der Waals surface area contributed by atoms with Crippen LogP contribution in [0.1, 0.15) is 32.3 Å². The third kappa shape index (κ3) is 2.90. The Morgan fingerprint density at radius 3 is 2.29 bits per heavy atom. The number of benzene rings is 1. The molecular weight excluding hydrogens is 215 g/mol. The standard InChI is InChI=1S/C12H16Cl2/c1-8(10(3)13)9(2)11-5-4-6-12(14)7-11/h4-10H,1-3H3. The average Bonchev–Trinajstić information content (AvgIpc) is 2.15. The summed E-state index contributed by atoms with van der Waals surface area (Å²) in [6.07, 6.45) is 0. The molecule has 0 radical (unpaired) electrons. The number of rotatable bonds is 3. The van der Waals surface area contributed by atoms with Gasteiger partial charge < -0.3 is 0 Å². The number of hydrogen-bond donors (Lipinski definition) is 0. The minimum Gasteiger partial charge on any atom is -0.123 e. The van der Waals surface area contributed by atoms with Gasteiger partial charge in [-0.15, -0.1) is 11.6 Å². The minimum atomic E-state index is 0.184. The van der Waals surface area contributed by atoms with Crippen LogP contribution in [0, 0.1) is 5.92 Å². The fraction of sp³-hybridized carbons (Fsp3) is 0.500. The molecule has 1 rings (SSSR count). The van der Waals surface area contributed by atoms with Crippen molar-refractivity contribution in [2.24, 2.45) is 5.92 Å². The molecule has 0 fully saturated rings. The van der Waals surface area contributed by atoms with E-state index >= 15 is 0 Å². The van der Waals surface area contributed by atoms with Gasteiger partial charge in [-0.25, -0.2) is 0 Å². The largest absolute Gasteiger partial charge is 0.123 e. The van der Waals surface area contributed by atoms with Gasteiger partial charge in [0, 0.05) is 10.4 Å². The second-order valence-electron chi connectivity index (χ2n) is 3.88. The molecule has 78 valence electrons. The second kappa shape index (κ2) is 5.04. The Bertz CT molecular complexity index is 294. The van der Waals surface area contributed by atoms with Crippen LogP contribution in [0.5, 0.6) is 0 Å². The molecule has 0 bridgehead atoms. The molecule has 1 aromatic carbocycles. The van der Waals surface area contributed by atoms with Crippen LogP contribution in [-0.2, 0) is 0 Å². The number of alkyl halides is 1. The van der Waals surface area contributed by atoms with E-state index in [0.717, 1.165) is 5.02 Å². The highest BCUT2D eigenvalue weighted by molar-refractivity contribution is 6.30. The summed E-state index contributed by atoms with van der Waals surface area (Å²) in [5, 5.41) is 0.979. The van der Waals surface area contributed by atoms with Gasteiger partial charge in [0.25, 0.3) is 0 Å². The maximum Gasteiger partial charge on any atom is 0.0408 e. The van der Waals surface area contributed by atoms with E-state index in [9.17, 15) is 0 Å². The van der Waals surface area contributed by atoms with Crippen molar-refractivity contribution < 1.29 is 0 Å². The molecule has 0 saturated heterocycles. The maximum absolute atomic E-state index is 6.08. The van der Waals surface area contributed by atoms with Crippen molar-refractivity contribution in [3.05, 3.63) is 34.9 Å². The molecule has 14 heavy (non-hydrogen) atoms. The zero-order valence-corrected chi connectivity index (χ0v) is 10.3. The maximum atomic E-state index is 6.08. The van der Waals surface area contributed by atoms with E-state index in [1.165, 1.54) is 5.56 Å². The molecule has 2 heteroatoms. The Hall–Kier alpha value is -0.200. The topological polar surface area (TPSA) is 0 Å². The van der Waals surface area contributed by atoms with Gasteiger partial charge in [-0.3, -0.25) is 0 Å². The first-order valence-electron chi connectivity index (χ1n) is 4.92. The summed E-state index contributed by atoms with van der Waals surface area (Å²) in [5.74, 6) is 0.899. The molecule has 0 heterocycles. The van der Waals surface area contributed by atoms with Crippen molar-refractivity contribution in [3.8, 4) is 0 Å². The smallest absolute Gasteiger partial charge is 0.0408 e. The zero-order valence-electron chi connectivity index (χ0n) is 8.80. The molecule has 1 aromatic rings. The third-order valence-corrected chi connectivity index (χ3v) is 3.52. The lowest BCUT2D eigenvalue weighted by atomic mass is 9.87. The molecule has 0 N–H and O–H groups in total. The van der Waals surface area contributed by atoms with Gasteiger partial charge in [0.2, 0.25) is 0 Å². The Morgan fingerprint density at radius 1 is 1.14 bits per heavy atom. The van der Waals surface area contributed by atoms with E-state index in [0.29, 0.717) is 11.8 Å². The SMILES string of the molecule is CC(Cl)C(C)C(C)c1cccc(Cl)c1. The molecule has 0 aliphatic rings. The molecule has 0 amide bonds. The Labute approximate surface area is 96.2 Å². The molecule has 3 atom stereocenters. The summed E-state index contributed by atoms with van der Waals surface area (Å²) in [6.45, 7) is 6.39. The molecule has 0 nitrogen and oxygen atoms in total. The fourth-order valence-corrected chi connectivity index (χ4v) is 1.91. The van der Waals surface area contributed by atoms with Crippen LogP contribution in [-0.4, -0.2) is 5.38 Å². The number of halogens is 2. The van der Waals surface area contributed by atoms with E-state index in [-0.39, 0.29) is 5.38 Å². The van der Waals surface area contributed by atoms with E-state index in [4.69, 9.17) is 23.2 Å². The first-order valence-corrected chi connectivity index (χ1v) is 5.73. The van der Waals surface area contributed by atoms with Crippen molar-refractivity contribution in [3.63, 3.8) is 0 Å². The summed E-state index contributed by atoms with van der Waals surface area (Å²) in [6, 6.07) is 8.00. The first-order chi connectivity index (χ1) is 6.52. The molecule has 0 saturated carbocycles. The van der Waals surface area contributed by atoms with Gasteiger partial charge in [0.1, 0.15) is 0 Å². The highest BCUT2D eigenvalue weighted by atomic mass is 35.5. The van der Waals surface area contributed by atoms with E-state index < -0.39 is 0 Å². The van der Waals surface area contributed by atoms with Crippen LogP contribution >= 0.6 is 23.2 Å².